The topological polar surface area (TPSA) is 64.6 Å². The van der Waals surface area contributed by atoms with Crippen molar-refractivity contribution in [1.82, 2.24) is 19.8 Å². The molecule has 5 rings (SSSR count). The van der Waals surface area contributed by atoms with Gasteiger partial charge in [0.15, 0.2) is 5.82 Å². The van der Waals surface area contributed by atoms with Gasteiger partial charge < -0.3 is 20.0 Å². The molecule has 33 heavy (non-hydrogen) atoms. The van der Waals surface area contributed by atoms with Crippen LogP contribution in [-0.4, -0.2) is 65.1 Å². The number of hydrogen-bond donors (Lipinski definition) is 1. The number of hydrogen-bond acceptors (Lipinski definition) is 5. The molecule has 2 aromatic carbocycles. The van der Waals surface area contributed by atoms with Gasteiger partial charge in [-0.25, -0.2) is 14.8 Å². The van der Waals surface area contributed by atoms with E-state index in [0.717, 1.165) is 73.3 Å². The molecule has 0 aliphatic carbocycles. The molecule has 170 valence electrons. The summed E-state index contributed by atoms with van der Waals surface area (Å²) in [5.41, 5.74) is 3.97. The first-order chi connectivity index (χ1) is 16.2. The monoisotopic (exact) mass is 442 g/mol. The Labute approximate surface area is 195 Å². The second kappa shape index (κ2) is 9.58. The molecule has 1 N–H and O–H groups in total. The number of anilines is 2. The molecule has 1 aromatic heterocycles. The van der Waals surface area contributed by atoms with Crippen LogP contribution in [0.3, 0.4) is 0 Å². The fraction of sp³-hybridized carbons (Fsp3) is 0.346. The number of carbonyl (C=O) groups is 1. The molecule has 3 heterocycles. The number of piperazine rings is 1. The molecule has 7 nitrogen and oxygen atoms in total. The lowest BCUT2D eigenvalue weighted by molar-refractivity contribution is 0.205. The number of likely N-dealkylation sites (N-methyl/N-ethyl adjacent to an activating group) is 1. The number of nitrogens with zero attached hydrogens (tertiary/aromatic N) is 5. The number of carbonyl (C=O) groups excluding carboxylic acids is 1. The number of benzene rings is 2. The molecule has 0 bridgehead atoms. The maximum absolute atomic E-state index is 13.0. The molecule has 0 atom stereocenters. The van der Waals surface area contributed by atoms with Gasteiger partial charge in [0, 0.05) is 56.0 Å². The molecule has 2 aliphatic rings. The molecule has 0 spiro atoms. The molecule has 0 unspecified atom stereocenters. The van der Waals surface area contributed by atoms with Crippen molar-refractivity contribution in [2.75, 3.05) is 49.5 Å². The number of para-hydroxylation sites is 1. The summed E-state index contributed by atoms with van der Waals surface area (Å²) in [5, 5.41) is 3.02. The maximum Gasteiger partial charge on any atom is 0.322 e. The van der Waals surface area contributed by atoms with Crippen LogP contribution in [0.25, 0.3) is 11.4 Å². The summed E-state index contributed by atoms with van der Waals surface area (Å²) < 4.78 is 0. The fourth-order valence-corrected chi connectivity index (χ4v) is 4.55. The summed E-state index contributed by atoms with van der Waals surface area (Å²) in [6.07, 6.45) is 0.724. The van der Waals surface area contributed by atoms with Crippen LogP contribution in [0, 0.1) is 0 Å². The van der Waals surface area contributed by atoms with Gasteiger partial charge in [-0.05, 0) is 18.7 Å². The number of nitrogens with one attached hydrogen (secondary N) is 1. The first-order valence-electron chi connectivity index (χ1n) is 11.7. The van der Waals surface area contributed by atoms with E-state index in [1.165, 1.54) is 0 Å². The van der Waals surface area contributed by atoms with E-state index in [2.05, 4.69) is 34.2 Å². The number of rotatable bonds is 4. The van der Waals surface area contributed by atoms with Gasteiger partial charge >= 0.3 is 6.03 Å². The zero-order valence-electron chi connectivity index (χ0n) is 19.1. The van der Waals surface area contributed by atoms with Gasteiger partial charge in [0.25, 0.3) is 0 Å². The predicted molar refractivity (Wildman–Crippen MR) is 131 cm³/mol. The Morgan fingerprint density at radius 3 is 2.30 bits per heavy atom. The summed E-state index contributed by atoms with van der Waals surface area (Å²) >= 11 is 0. The van der Waals surface area contributed by atoms with E-state index in [-0.39, 0.29) is 6.03 Å². The van der Waals surface area contributed by atoms with Crippen molar-refractivity contribution in [2.24, 2.45) is 0 Å². The van der Waals surface area contributed by atoms with E-state index < -0.39 is 0 Å². The van der Waals surface area contributed by atoms with Crippen molar-refractivity contribution in [1.29, 1.82) is 0 Å². The van der Waals surface area contributed by atoms with Crippen molar-refractivity contribution >= 4 is 17.5 Å². The Morgan fingerprint density at radius 1 is 0.909 bits per heavy atom. The van der Waals surface area contributed by atoms with E-state index in [0.29, 0.717) is 13.1 Å². The van der Waals surface area contributed by atoms with Crippen molar-refractivity contribution in [2.45, 2.75) is 19.9 Å². The van der Waals surface area contributed by atoms with E-state index in [1.54, 1.807) is 0 Å². The Kier molecular flexibility index (Phi) is 6.21. The summed E-state index contributed by atoms with van der Waals surface area (Å²) in [5.74, 6) is 1.75. The predicted octanol–water partition coefficient (Wildman–Crippen LogP) is 3.88. The van der Waals surface area contributed by atoms with Crippen molar-refractivity contribution in [3.63, 3.8) is 0 Å². The number of aromatic nitrogens is 2. The second-order valence-corrected chi connectivity index (χ2v) is 8.55. The lowest BCUT2D eigenvalue weighted by atomic mass is 10.0. The van der Waals surface area contributed by atoms with Crippen LogP contribution in [0.1, 0.15) is 18.2 Å². The Hall–Kier alpha value is -3.45. The summed E-state index contributed by atoms with van der Waals surface area (Å²) in [6.45, 7) is 8.34. The maximum atomic E-state index is 13.0. The van der Waals surface area contributed by atoms with Gasteiger partial charge in [-0.1, -0.05) is 55.5 Å². The molecule has 2 amide bonds. The standard InChI is InChI=1S/C26H30N6O/c1-2-30-15-17-31(18-16-30)25-22-19-32(26(33)27-21-11-7-4-8-12-21)14-13-23(22)28-24(29-25)20-9-5-3-6-10-20/h3-12H,2,13-19H2,1H3,(H,27,33). The summed E-state index contributed by atoms with van der Waals surface area (Å²) in [4.78, 5) is 29.7. The Morgan fingerprint density at radius 2 is 1.61 bits per heavy atom. The van der Waals surface area contributed by atoms with Gasteiger partial charge in [0.1, 0.15) is 5.82 Å². The van der Waals surface area contributed by atoms with Crippen LogP contribution in [0.15, 0.2) is 60.7 Å². The summed E-state index contributed by atoms with van der Waals surface area (Å²) in [7, 11) is 0. The van der Waals surface area contributed by atoms with Crippen molar-refractivity contribution in [3.8, 4) is 11.4 Å². The first kappa shape index (κ1) is 21.4. The molecule has 1 saturated heterocycles. The van der Waals surface area contributed by atoms with Crippen LogP contribution in [0.5, 0.6) is 0 Å². The lowest BCUT2D eigenvalue weighted by Crippen LogP contribution is -2.47. The first-order valence-corrected chi connectivity index (χ1v) is 11.7. The highest BCUT2D eigenvalue weighted by atomic mass is 16.2. The molecule has 1 fully saturated rings. The van der Waals surface area contributed by atoms with Crippen LogP contribution >= 0.6 is 0 Å². The fourth-order valence-electron chi connectivity index (χ4n) is 4.55. The highest BCUT2D eigenvalue weighted by molar-refractivity contribution is 5.89. The van der Waals surface area contributed by atoms with Gasteiger partial charge in [-0.2, -0.15) is 0 Å². The minimum Gasteiger partial charge on any atom is -0.354 e. The van der Waals surface area contributed by atoms with Gasteiger partial charge in [0.2, 0.25) is 0 Å². The van der Waals surface area contributed by atoms with Gasteiger partial charge in [0.05, 0.1) is 12.2 Å². The second-order valence-electron chi connectivity index (χ2n) is 8.55. The minimum absolute atomic E-state index is 0.0826. The van der Waals surface area contributed by atoms with Gasteiger partial charge in [-0.3, -0.25) is 0 Å². The van der Waals surface area contributed by atoms with E-state index in [9.17, 15) is 4.79 Å². The van der Waals surface area contributed by atoms with Crippen LogP contribution in [0.2, 0.25) is 0 Å². The number of urea groups is 1. The summed E-state index contributed by atoms with van der Waals surface area (Å²) in [6, 6.07) is 19.7. The molecular weight excluding hydrogens is 412 g/mol. The third-order valence-corrected chi connectivity index (χ3v) is 6.50. The van der Waals surface area contributed by atoms with Crippen molar-refractivity contribution in [3.05, 3.63) is 71.9 Å². The normalized spacial score (nSPS) is 16.4. The molecular formula is C26H30N6O. The Bertz CT molecular complexity index is 1100. The van der Waals surface area contributed by atoms with E-state index >= 15 is 0 Å². The Balaban J connectivity index is 1.45. The smallest absolute Gasteiger partial charge is 0.322 e. The number of amides is 2. The molecule has 2 aliphatic heterocycles. The lowest BCUT2D eigenvalue weighted by Gasteiger charge is -2.37. The third-order valence-electron chi connectivity index (χ3n) is 6.50. The molecule has 0 radical (unpaired) electrons. The molecule has 0 saturated carbocycles. The SMILES string of the molecule is CCN1CCN(c2nc(-c3ccccc3)nc3c2CN(C(=O)Nc2ccccc2)CC3)CC1. The van der Waals surface area contributed by atoms with Crippen LogP contribution in [-0.2, 0) is 13.0 Å². The van der Waals surface area contributed by atoms with Crippen LogP contribution < -0.4 is 10.2 Å². The zero-order valence-corrected chi connectivity index (χ0v) is 19.1. The van der Waals surface area contributed by atoms with E-state index in [4.69, 9.17) is 9.97 Å². The van der Waals surface area contributed by atoms with Crippen LogP contribution in [0.4, 0.5) is 16.3 Å². The van der Waals surface area contributed by atoms with Gasteiger partial charge in [-0.15, -0.1) is 0 Å². The molecule has 7 heteroatoms. The average molecular weight is 443 g/mol. The van der Waals surface area contributed by atoms with Crippen molar-refractivity contribution < 1.29 is 4.79 Å². The highest BCUT2D eigenvalue weighted by Crippen LogP contribution is 2.30. The van der Waals surface area contributed by atoms with E-state index in [1.807, 2.05) is 53.4 Å². The zero-order chi connectivity index (χ0) is 22.6. The molecule has 3 aromatic rings. The number of fused-ring (bicyclic) bond motifs is 1. The minimum atomic E-state index is -0.0826. The quantitative estimate of drug-likeness (QED) is 0.664. The average Bonchev–Trinajstić information content (AvgIpc) is 2.89. The highest BCUT2D eigenvalue weighted by Gasteiger charge is 2.29. The largest absolute Gasteiger partial charge is 0.354 e. The third kappa shape index (κ3) is 4.68.